The van der Waals surface area contributed by atoms with Gasteiger partial charge in [0.1, 0.15) is 0 Å². The second-order valence-corrected chi connectivity index (χ2v) is 1.36. The van der Waals surface area contributed by atoms with Gasteiger partial charge >= 0.3 is 5.97 Å². The first kappa shape index (κ1) is 11.7. The Labute approximate surface area is 60.9 Å². The van der Waals surface area contributed by atoms with E-state index in [1.165, 1.54) is 6.08 Å². The quantitative estimate of drug-likeness (QED) is 0.443. The Morgan fingerprint density at radius 3 is 2.20 bits per heavy atom. The Hall–Kier alpha value is -1.09. The Bertz CT molecular complexity index is 119. The average molecular weight is 143 g/mol. The number of allylic oxidation sites excluding steroid dienone is 1. The Morgan fingerprint density at radius 1 is 1.80 bits per heavy atom. The first-order chi connectivity index (χ1) is 4.68. The van der Waals surface area contributed by atoms with Gasteiger partial charge in [-0.3, -0.25) is 0 Å². The van der Waals surface area contributed by atoms with E-state index in [1.807, 2.05) is 0 Å². The fourth-order valence-electron chi connectivity index (χ4n) is 0.143. The molecule has 0 rings (SSSR count). The normalized spacial score (nSPS) is 8.20. The summed E-state index contributed by atoms with van der Waals surface area (Å²) in [6.07, 6.45) is 4.21. The van der Waals surface area contributed by atoms with Crippen LogP contribution in [0.5, 0.6) is 0 Å². The van der Waals surface area contributed by atoms with Crippen LogP contribution in [-0.2, 0) is 4.79 Å². The van der Waals surface area contributed by atoms with Gasteiger partial charge in [-0.15, -0.1) is 6.58 Å². The van der Waals surface area contributed by atoms with Crippen molar-refractivity contribution >= 4 is 5.97 Å². The summed E-state index contributed by atoms with van der Waals surface area (Å²) in [6, 6.07) is 0. The van der Waals surface area contributed by atoms with Crippen molar-refractivity contribution in [1.82, 2.24) is 0 Å². The van der Waals surface area contributed by atoms with E-state index in [4.69, 9.17) is 10.8 Å². The number of carboxylic acids is 1. The lowest BCUT2D eigenvalue weighted by atomic mass is 10.5. The lowest BCUT2D eigenvalue weighted by Gasteiger charge is -1.68. The maximum absolute atomic E-state index is 9.51. The molecular weight excluding hydrogens is 130 g/mol. The molecule has 0 unspecified atom stereocenters. The zero-order valence-electron chi connectivity index (χ0n) is 6.08. The predicted octanol–water partition coefficient (Wildman–Crippen LogP) is 0.778. The third-order valence-corrected chi connectivity index (χ3v) is 0.476. The van der Waals surface area contributed by atoms with Gasteiger partial charge in [-0.1, -0.05) is 12.2 Å². The first-order valence-electron chi connectivity index (χ1n) is 2.85. The highest BCUT2D eigenvalue weighted by Crippen LogP contribution is 1.65. The third kappa shape index (κ3) is 28.5. The molecule has 3 N–H and O–H groups in total. The van der Waals surface area contributed by atoms with Crippen LogP contribution in [0.3, 0.4) is 0 Å². The highest BCUT2D eigenvalue weighted by molar-refractivity contribution is 5.79. The van der Waals surface area contributed by atoms with Crippen LogP contribution in [0.2, 0.25) is 0 Å². The van der Waals surface area contributed by atoms with E-state index in [9.17, 15) is 4.79 Å². The highest BCUT2D eigenvalue weighted by Gasteiger charge is 1.76. The molecule has 3 heteroatoms. The summed E-state index contributed by atoms with van der Waals surface area (Å²) in [6.45, 7) is 5.60. The minimum Gasteiger partial charge on any atom is -0.478 e. The third-order valence-electron chi connectivity index (χ3n) is 0.476. The molecule has 0 saturated carbocycles. The summed E-state index contributed by atoms with van der Waals surface area (Å²) < 4.78 is 0. The Kier molecular flexibility index (Phi) is 12.6. The van der Waals surface area contributed by atoms with Crippen LogP contribution in [0.4, 0.5) is 0 Å². The summed E-state index contributed by atoms with van der Waals surface area (Å²) in [5.41, 5.74) is 4.91. The molecule has 58 valence electrons. The molecule has 0 aliphatic heterocycles. The molecule has 0 radical (unpaired) electrons. The van der Waals surface area contributed by atoms with Crippen LogP contribution in [0.15, 0.2) is 24.8 Å². The maximum Gasteiger partial charge on any atom is 0.327 e. The molecule has 0 amide bonds. The summed E-state index contributed by atoms with van der Waals surface area (Å²) in [5, 5.41) is 7.83. The smallest absolute Gasteiger partial charge is 0.327 e. The summed E-state index contributed by atoms with van der Waals surface area (Å²) in [5.74, 6) is -0.891. The topological polar surface area (TPSA) is 63.3 Å². The van der Waals surface area contributed by atoms with Gasteiger partial charge in [0.2, 0.25) is 0 Å². The van der Waals surface area contributed by atoms with Crippen LogP contribution in [0.25, 0.3) is 0 Å². The number of carboxylic acid groups (broad SMARTS) is 1. The van der Waals surface area contributed by atoms with Gasteiger partial charge in [0.05, 0.1) is 0 Å². The number of hydrogen-bond donors (Lipinski definition) is 2. The average Bonchev–Trinajstić information content (AvgIpc) is 1.89. The van der Waals surface area contributed by atoms with Crippen LogP contribution >= 0.6 is 0 Å². The lowest BCUT2D eigenvalue weighted by Crippen LogP contribution is -1.90. The van der Waals surface area contributed by atoms with E-state index in [2.05, 4.69) is 6.58 Å². The number of aliphatic carboxylic acids is 1. The van der Waals surface area contributed by atoms with Crippen molar-refractivity contribution in [2.75, 3.05) is 6.54 Å². The minimum absolute atomic E-state index is 0.583. The molecule has 0 heterocycles. The van der Waals surface area contributed by atoms with E-state index in [0.717, 1.165) is 6.08 Å². The highest BCUT2D eigenvalue weighted by atomic mass is 16.4. The molecule has 0 fully saturated rings. The SMILES string of the molecule is C=CCN.CC=CC(=O)O. The van der Waals surface area contributed by atoms with Crippen molar-refractivity contribution in [2.45, 2.75) is 6.92 Å². The molecule has 3 nitrogen and oxygen atoms in total. The zero-order chi connectivity index (χ0) is 8.41. The molecule has 0 aromatic heterocycles. The zero-order valence-corrected chi connectivity index (χ0v) is 6.08. The molecule has 0 bridgehead atoms. The molecule has 0 atom stereocenters. The minimum atomic E-state index is -0.891. The second kappa shape index (κ2) is 10.8. The van der Waals surface area contributed by atoms with Crippen molar-refractivity contribution in [1.29, 1.82) is 0 Å². The number of nitrogens with two attached hydrogens (primary N) is 1. The largest absolute Gasteiger partial charge is 0.478 e. The van der Waals surface area contributed by atoms with Crippen molar-refractivity contribution in [3.05, 3.63) is 24.8 Å². The first-order valence-corrected chi connectivity index (χ1v) is 2.85. The van der Waals surface area contributed by atoms with Gasteiger partial charge in [-0.05, 0) is 6.92 Å². The standard InChI is InChI=1S/C4H6O2.C3H7N/c1-2-3-4(5)6;1-2-3-4/h2-3H,1H3,(H,5,6);2H,1,3-4H2. The number of hydrogen-bond acceptors (Lipinski definition) is 2. The van der Waals surface area contributed by atoms with Gasteiger partial charge in [-0.25, -0.2) is 4.79 Å². The van der Waals surface area contributed by atoms with Crippen LogP contribution in [0.1, 0.15) is 6.92 Å². The molecule has 10 heavy (non-hydrogen) atoms. The molecule has 0 aromatic carbocycles. The number of rotatable bonds is 2. The van der Waals surface area contributed by atoms with E-state index in [-0.39, 0.29) is 0 Å². The van der Waals surface area contributed by atoms with Crippen LogP contribution in [0, 0.1) is 0 Å². The van der Waals surface area contributed by atoms with E-state index in [0.29, 0.717) is 6.54 Å². The van der Waals surface area contributed by atoms with Crippen molar-refractivity contribution in [2.24, 2.45) is 5.73 Å². The monoisotopic (exact) mass is 143 g/mol. The van der Waals surface area contributed by atoms with Crippen molar-refractivity contribution in [3.63, 3.8) is 0 Å². The van der Waals surface area contributed by atoms with E-state index in [1.54, 1.807) is 13.0 Å². The predicted molar refractivity (Wildman–Crippen MR) is 41.7 cm³/mol. The fourth-order valence-corrected chi connectivity index (χ4v) is 0.143. The lowest BCUT2D eigenvalue weighted by molar-refractivity contribution is -0.131. The molecule has 0 saturated heterocycles. The maximum atomic E-state index is 9.51. The fraction of sp³-hybridized carbons (Fsp3) is 0.286. The van der Waals surface area contributed by atoms with E-state index < -0.39 is 5.97 Å². The molecular formula is C7H13NO2. The van der Waals surface area contributed by atoms with Gasteiger partial charge in [0.15, 0.2) is 0 Å². The number of carbonyl (C=O) groups is 1. The Balaban J connectivity index is 0. The summed E-state index contributed by atoms with van der Waals surface area (Å²) >= 11 is 0. The molecule has 0 aliphatic rings. The van der Waals surface area contributed by atoms with E-state index >= 15 is 0 Å². The van der Waals surface area contributed by atoms with Gasteiger partial charge < -0.3 is 10.8 Å². The van der Waals surface area contributed by atoms with Crippen molar-refractivity contribution < 1.29 is 9.90 Å². The van der Waals surface area contributed by atoms with Crippen LogP contribution < -0.4 is 5.73 Å². The van der Waals surface area contributed by atoms with Crippen molar-refractivity contribution in [3.8, 4) is 0 Å². The van der Waals surface area contributed by atoms with Gasteiger partial charge in [-0.2, -0.15) is 0 Å². The summed E-state index contributed by atoms with van der Waals surface area (Å²) in [7, 11) is 0. The molecule has 0 aliphatic carbocycles. The molecule has 0 spiro atoms. The van der Waals surface area contributed by atoms with Gasteiger partial charge in [0.25, 0.3) is 0 Å². The molecule has 0 aromatic rings. The Morgan fingerprint density at radius 2 is 2.20 bits per heavy atom. The van der Waals surface area contributed by atoms with Crippen LogP contribution in [-0.4, -0.2) is 17.6 Å². The van der Waals surface area contributed by atoms with Gasteiger partial charge in [0, 0.05) is 12.6 Å². The second-order valence-electron chi connectivity index (χ2n) is 1.36. The summed E-state index contributed by atoms with van der Waals surface area (Å²) in [4.78, 5) is 9.51.